The predicted octanol–water partition coefficient (Wildman–Crippen LogP) is 0.852. The molecule has 0 aromatic heterocycles. The standard InChI is InChI=1S/C10H17NO/c12-8-3-4-11-6-7-1-2-9(7)10(11)5-8/h7-10,12H,1-6H2/t7-,8?,9-,10?/m1/s1. The topological polar surface area (TPSA) is 23.5 Å². The van der Waals surface area contributed by atoms with Crippen molar-refractivity contribution in [3.63, 3.8) is 0 Å². The molecule has 2 unspecified atom stereocenters. The summed E-state index contributed by atoms with van der Waals surface area (Å²) in [5.74, 6) is 1.96. The van der Waals surface area contributed by atoms with Crippen LogP contribution in [0.15, 0.2) is 0 Å². The summed E-state index contributed by atoms with van der Waals surface area (Å²) in [6.45, 7) is 2.49. The number of hydrogen-bond donors (Lipinski definition) is 1. The van der Waals surface area contributed by atoms with Crippen LogP contribution in [-0.4, -0.2) is 35.2 Å². The van der Waals surface area contributed by atoms with Crippen molar-refractivity contribution in [2.24, 2.45) is 11.8 Å². The van der Waals surface area contributed by atoms with Crippen molar-refractivity contribution in [1.29, 1.82) is 0 Å². The lowest BCUT2D eigenvalue weighted by molar-refractivity contribution is 0.0446. The quantitative estimate of drug-likeness (QED) is 0.578. The van der Waals surface area contributed by atoms with Crippen LogP contribution in [0.3, 0.4) is 0 Å². The molecule has 0 bridgehead atoms. The van der Waals surface area contributed by atoms with Crippen molar-refractivity contribution in [2.45, 2.75) is 37.8 Å². The van der Waals surface area contributed by atoms with Gasteiger partial charge in [-0.2, -0.15) is 0 Å². The molecular formula is C10H17NO. The molecule has 2 heterocycles. The van der Waals surface area contributed by atoms with Gasteiger partial charge in [-0.15, -0.1) is 0 Å². The van der Waals surface area contributed by atoms with Crippen LogP contribution in [0.1, 0.15) is 25.7 Å². The third-order valence-electron chi connectivity index (χ3n) is 4.17. The van der Waals surface area contributed by atoms with Gasteiger partial charge in [-0.05, 0) is 37.5 Å². The molecule has 0 aromatic carbocycles. The zero-order chi connectivity index (χ0) is 8.13. The number of hydrogen-bond acceptors (Lipinski definition) is 2. The first kappa shape index (κ1) is 7.34. The maximum Gasteiger partial charge on any atom is 0.0567 e. The number of aliphatic hydroxyl groups is 1. The van der Waals surface area contributed by atoms with Crippen LogP contribution < -0.4 is 0 Å². The normalized spacial score (nSPS) is 52.8. The molecule has 1 saturated carbocycles. The zero-order valence-corrected chi connectivity index (χ0v) is 7.45. The maximum atomic E-state index is 9.56. The maximum absolute atomic E-state index is 9.56. The Labute approximate surface area is 73.6 Å². The average molecular weight is 167 g/mol. The highest BCUT2D eigenvalue weighted by Gasteiger charge is 2.48. The highest BCUT2D eigenvalue weighted by atomic mass is 16.3. The van der Waals surface area contributed by atoms with E-state index in [0.29, 0.717) is 0 Å². The van der Waals surface area contributed by atoms with Crippen LogP contribution in [0.4, 0.5) is 0 Å². The Bertz CT molecular complexity index is 194. The first-order chi connectivity index (χ1) is 5.84. The minimum atomic E-state index is 0.00519. The molecule has 68 valence electrons. The first-order valence-electron chi connectivity index (χ1n) is 5.27. The van der Waals surface area contributed by atoms with Gasteiger partial charge >= 0.3 is 0 Å². The van der Waals surface area contributed by atoms with Crippen molar-refractivity contribution in [3.8, 4) is 0 Å². The van der Waals surface area contributed by atoms with Crippen LogP contribution in [0, 0.1) is 11.8 Å². The molecule has 3 fully saturated rings. The lowest BCUT2D eigenvalue weighted by atomic mass is 9.72. The molecule has 0 spiro atoms. The molecule has 0 radical (unpaired) electrons. The average Bonchev–Trinajstić information content (AvgIpc) is 2.22. The number of nitrogens with zero attached hydrogens (tertiary/aromatic N) is 1. The Morgan fingerprint density at radius 2 is 2.08 bits per heavy atom. The number of piperidine rings is 1. The van der Waals surface area contributed by atoms with Crippen LogP contribution in [0.5, 0.6) is 0 Å². The van der Waals surface area contributed by atoms with Gasteiger partial charge in [0.2, 0.25) is 0 Å². The monoisotopic (exact) mass is 167 g/mol. The van der Waals surface area contributed by atoms with E-state index in [1.54, 1.807) is 0 Å². The number of aliphatic hydroxyl groups excluding tert-OH is 1. The van der Waals surface area contributed by atoms with E-state index in [2.05, 4.69) is 4.90 Å². The van der Waals surface area contributed by atoms with Gasteiger partial charge in [0.05, 0.1) is 6.10 Å². The summed E-state index contributed by atoms with van der Waals surface area (Å²) >= 11 is 0. The van der Waals surface area contributed by atoms with Crippen molar-refractivity contribution >= 4 is 0 Å². The second kappa shape index (κ2) is 2.46. The van der Waals surface area contributed by atoms with Gasteiger partial charge in [0, 0.05) is 19.1 Å². The van der Waals surface area contributed by atoms with Crippen LogP contribution >= 0.6 is 0 Å². The second-order valence-corrected chi connectivity index (χ2v) is 4.74. The van der Waals surface area contributed by atoms with Crippen LogP contribution in [0.2, 0.25) is 0 Å². The molecular weight excluding hydrogens is 150 g/mol. The predicted molar refractivity (Wildman–Crippen MR) is 46.8 cm³/mol. The van der Waals surface area contributed by atoms with E-state index in [-0.39, 0.29) is 6.10 Å². The van der Waals surface area contributed by atoms with Gasteiger partial charge in [0.25, 0.3) is 0 Å². The molecule has 4 atom stereocenters. The summed E-state index contributed by atoms with van der Waals surface area (Å²) in [7, 11) is 0. The Morgan fingerprint density at radius 1 is 1.17 bits per heavy atom. The molecule has 1 aliphatic carbocycles. The van der Waals surface area contributed by atoms with Crippen LogP contribution in [0.25, 0.3) is 0 Å². The van der Waals surface area contributed by atoms with E-state index < -0.39 is 0 Å². The molecule has 0 aromatic rings. The van der Waals surface area contributed by atoms with E-state index in [1.165, 1.54) is 19.4 Å². The van der Waals surface area contributed by atoms with Gasteiger partial charge in [0.1, 0.15) is 0 Å². The van der Waals surface area contributed by atoms with E-state index in [4.69, 9.17) is 0 Å². The van der Waals surface area contributed by atoms with Crippen molar-refractivity contribution < 1.29 is 5.11 Å². The Balaban J connectivity index is 1.77. The molecule has 2 nitrogen and oxygen atoms in total. The van der Waals surface area contributed by atoms with Gasteiger partial charge < -0.3 is 5.11 Å². The first-order valence-corrected chi connectivity index (χ1v) is 5.27. The minimum Gasteiger partial charge on any atom is -0.393 e. The lowest BCUT2D eigenvalue weighted by Crippen LogP contribution is -2.42. The summed E-state index contributed by atoms with van der Waals surface area (Å²) in [6, 6.07) is 0.757. The fourth-order valence-corrected chi connectivity index (χ4v) is 3.33. The molecule has 2 saturated heterocycles. The smallest absolute Gasteiger partial charge is 0.0567 e. The molecule has 2 heteroatoms. The number of rotatable bonds is 0. The summed E-state index contributed by atoms with van der Waals surface area (Å²) in [4.78, 5) is 2.62. The Kier molecular flexibility index (Phi) is 1.50. The highest BCUT2D eigenvalue weighted by molar-refractivity contribution is 5.01. The molecule has 0 amide bonds. The zero-order valence-electron chi connectivity index (χ0n) is 7.45. The fourth-order valence-electron chi connectivity index (χ4n) is 3.33. The van der Waals surface area contributed by atoms with Crippen molar-refractivity contribution in [1.82, 2.24) is 4.90 Å². The molecule has 12 heavy (non-hydrogen) atoms. The third kappa shape index (κ3) is 0.882. The van der Waals surface area contributed by atoms with E-state index in [9.17, 15) is 5.11 Å². The summed E-state index contributed by atoms with van der Waals surface area (Å²) < 4.78 is 0. The van der Waals surface area contributed by atoms with E-state index >= 15 is 0 Å². The van der Waals surface area contributed by atoms with E-state index in [1.807, 2.05) is 0 Å². The lowest BCUT2D eigenvalue weighted by Gasteiger charge is -2.37. The SMILES string of the molecule is OC1CCN2C[C@H]3CC[C@H]3C2C1. The summed E-state index contributed by atoms with van der Waals surface area (Å²) in [5, 5.41) is 9.56. The molecule has 3 aliphatic rings. The summed E-state index contributed by atoms with van der Waals surface area (Å²) in [5.41, 5.74) is 0. The van der Waals surface area contributed by atoms with Gasteiger partial charge in [0.15, 0.2) is 0 Å². The van der Waals surface area contributed by atoms with Gasteiger partial charge in [-0.25, -0.2) is 0 Å². The summed E-state index contributed by atoms with van der Waals surface area (Å²) in [6.07, 6.45) is 4.95. The minimum absolute atomic E-state index is 0.00519. The Hall–Kier alpha value is -0.0800. The molecule has 1 N–H and O–H groups in total. The van der Waals surface area contributed by atoms with Crippen LogP contribution in [-0.2, 0) is 0 Å². The van der Waals surface area contributed by atoms with Gasteiger partial charge in [-0.1, -0.05) is 0 Å². The second-order valence-electron chi connectivity index (χ2n) is 4.74. The van der Waals surface area contributed by atoms with E-state index in [0.717, 1.165) is 37.3 Å². The van der Waals surface area contributed by atoms with Crippen molar-refractivity contribution in [3.05, 3.63) is 0 Å². The molecule has 3 rings (SSSR count). The van der Waals surface area contributed by atoms with Gasteiger partial charge in [-0.3, -0.25) is 4.90 Å². The molecule has 2 aliphatic heterocycles. The van der Waals surface area contributed by atoms with Crippen molar-refractivity contribution in [2.75, 3.05) is 13.1 Å². The third-order valence-corrected chi connectivity index (χ3v) is 4.17. The Morgan fingerprint density at radius 3 is 2.83 bits per heavy atom. The number of fused-ring (bicyclic) bond motifs is 3. The fraction of sp³-hybridized carbons (Fsp3) is 1.00. The largest absolute Gasteiger partial charge is 0.393 e. The highest BCUT2D eigenvalue weighted by Crippen LogP contribution is 2.47.